The molecule has 0 atom stereocenters. The van der Waals surface area contributed by atoms with Gasteiger partial charge in [0.05, 0.1) is 17.1 Å². The lowest BCUT2D eigenvalue weighted by Gasteiger charge is -2.11. The molecule has 0 saturated carbocycles. The van der Waals surface area contributed by atoms with Gasteiger partial charge in [-0.2, -0.15) is 0 Å². The molecule has 0 bridgehead atoms. The summed E-state index contributed by atoms with van der Waals surface area (Å²) >= 11 is 6.10. The second-order valence-electron chi connectivity index (χ2n) is 6.82. The molecule has 1 aliphatic rings. The van der Waals surface area contributed by atoms with E-state index in [1.54, 1.807) is 12.1 Å². The number of halogens is 1. The predicted molar refractivity (Wildman–Crippen MR) is 108 cm³/mol. The van der Waals surface area contributed by atoms with Gasteiger partial charge in [0.25, 0.3) is 0 Å². The molecule has 0 radical (unpaired) electrons. The van der Waals surface area contributed by atoms with E-state index >= 15 is 0 Å². The van der Waals surface area contributed by atoms with Gasteiger partial charge in [-0.1, -0.05) is 48.0 Å². The van der Waals surface area contributed by atoms with Crippen LogP contribution in [0.15, 0.2) is 53.4 Å². The van der Waals surface area contributed by atoms with Crippen LogP contribution in [0.5, 0.6) is 0 Å². The molecule has 0 spiro atoms. The van der Waals surface area contributed by atoms with E-state index in [1.807, 2.05) is 36.4 Å². The maximum Gasteiger partial charge on any atom is 0.182 e. The first-order valence-corrected chi connectivity index (χ1v) is 11.1. The maximum atomic E-state index is 12.6. The van der Waals surface area contributed by atoms with Crippen molar-refractivity contribution < 1.29 is 13.5 Å². The number of aliphatic hydroxyl groups is 1. The summed E-state index contributed by atoms with van der Waals surface area (Å²) in [6, 6.07) is 15.0. The summed E-state index contributed by atoms with van der Waals surface area (Å²) in [7, 11) is -3.36. The molecule has 144 valence electrons. The molecule has 28 heavy (non-hydrogen) atoms. The Hall–Kier alpha value is -2.28. The van der Waals surface area contributed by atoms with Crippen LogP contribution in [0.1, 0.15) is 22.5 Å². The number of nitrogens with zero attached hydrogens (tertiary/aromatic N) is 2. The van der Waals surface area contributed by atoms with Crippen LogP contribution in [0.4, 0.5) is 0 Å². The van der Waals surface area contributed by atoms with E-state index in [4.69, 9.17) is 16.7 Å². The highest BCUT2D eigenvalue weighted by Crippen LogP contribution is 2.31. The lowest BCUT2D eigenvalue weighted by molar-refractivity contribution is 0.299. The van der Waals surface area contributed by atoms with E-state index in [-0.39, 0.29) is 17.3 Å². The van der Waals surface area contributed by atoms with Crippen LogP contribution in [0.25, 0.3) is 11.4 Å². The standard InChI is InChI=1S/C21H19ClN2O3S/c22-17-3-1-2-16(13-17)21-23-18-9-11-28(26,27)20(18)19(24-21)12-15-6-4-14(5-7-15)8-10-25/h1-7,13,25H,8-12H2. The van der Waals surface area contributed by atoms with Crippen molar-refractivity contribution in [2.45, 2.75) is 24.2 Å². The molecule has 4 rings (SSSR count). The Morgan fingerprint density at radius 1 is 1.04 bits per heavy atom. The molecule has 7 heteroatoms. The zero-order valence-electron chi connectivity index (χ0n) is 15.1. The summed E-state index contributed by atoms with van der Waals surface area (Å²) < 4.78 is 25.2. The molecule has 0 unspecified atom stereocenters. The first kappa shape index (κ1) is 19.1. The van der Waals surface area contributed by atoms with E-state index in [0.717, 1.165) is 16.7 Å². The van der Waals surface area contributed by atoms with E-state index < -0.39 is 9.84 Å². The summed E-state index contributed by atoms with van der Waals surface area (Å²) in [5, 5.41) is 9.63. The Morgan fingerprint density at radius 3 is 2.50 bits per heavy atom. The van der Waals surface area contributed by atoms with E-state index in [1.165, 1.54) is 0 Å². The molecule has 0 amide bonds. The lowest BCUT2D eigenvalue weighted by atomic mass is 10.0. The minimum Gasteiger partial charge on any atom is -0.396 e. The van der Waals surface area contributed by atoms with Gasteiger partial charge in [-0.15, -0.1) is 0 Å². The fourth-order valence-electron chi connectivity index (χ4n) is 3.43. The molecule has 5 nitrogen and oxygen atoms in total. The monoisotopic (exact) mass is 414 g/mol. The van der Waals surface area contributed by atoms with Crippen molar-refractivity contribution in [3.8, 4) is 11.4 Å². The number of aryl methyl sites for hydroxylation is 1. The topological polar surface area (TPSA) is 80.2 Å². The highest BCUT2D eigenvalue weighted by atomic mass is 35.5. The number of benzene rings is 2. The van der Waals surface area contributed by atoms with Gasteiger partial charge in [-0.25, -0.2) is 18.4 Å². The number of fused-ring (bicyclic) bond motifs is 1. The van der Waals surface area contributed by atoms with Crippen LogP contribution in [0.2, 0.25) is 5.02 Å². The largest absolute Gasteiger partial charge is 0.396 e. The Labute approximate surface area is 169 Å². The molecule has 1 aliphatic heterocycles. The predicted octanol–water partition coefficient (Wildman–Crippen LogP) is 3.25. The minimum atomic E-state index is -3.36. The smallest absolute Gasteiger partial charge is 0.182 e. The van der Waals surface area contributed by atoms with E-state index in [2.05, 4.69) is 9.97 Å². The molecule has 0 fully saturated rings. The summed E-state index contributed by atoms with van der Waals surface area (Å²) in [6.45, 7) is 0.0972. The SMILES string of the molecule is O=S1(=O)CCc2nc(-c3cccc(Cl)c3)nc(Cc3ccc(CCO)cc3)c21. The normalized spacial score (nSPS) is 14.8. The molecule has 3 aromatic rings. The third kappa shape index (κ3) is 3.81. The average molecular weight is 415 g/mol. The number of aliphatic hydroxyl groups excluding tert-OH is 1. The van der Waals surface area contributed by atoms with Crippen molar-refractivity contribution in [2.24, 2.45) is 0 Å². The molecule has 0 saturated heterocycles. The van der Waals surface area contributed by atoms with Gasteiger partial charge in [-0.3, -0.25) is 0 Å². The van der Waals surface area contributed by atoms with Gasteiger partial charge in [0, 0.05) is 30.0 Å². The third-order valence-corrected chi connectivity index (χ3v) is 6.87. The van der Waals surface area contributed by atoms with Gasteiger partial charge in [0.15, 0.2) is 15.7 Å². The Balaban J connectivity index is 1.78. The van der Waals surface area contributed by atoms with Gasteiger partial charge in [-0.05, 0) is 29.7 Å². The van der Waals surface area contributed by atoms with Crippen molar-refractivity contribution in [1.29, 1.82) is 0 Å². The van der Waals surface area contributed by atoms with Crippen molar-refractivity contribution in [3.05, 3.63) is 76.1 Å². The van der Waals surface area contributed by atoms with Crippen LogP contribution in [0.3, 0.4) is 0 Å². The second-order valence-corrected chi connectivity index (χ2v) is 9.30. The highest BCUT2D eigenvalue weighted by Gasteiger charge is 2.32. The molecule has 2 heterocycles. The van der Waals surface area contributed by atoms with Gasteiger partial charge in [0.1, 0.15) is 4.90 Å². The number of rotatable bonds is 5. The summed E-state index contributed by atoms with van der Waals surface area (Å²) in [4.78, 5) is 9.42. The summed E-state index contributed by atoms with van der Waals surface area (Å²) in [5.41, 5.74) is 3.86. The zero-order valence-corrected chi connectivity index (χ0v) is 16.7. The molecule has 0 aliphatic carbocycles. The van der Waals surface area contributed by atoms with Crippen molar-refractivity contribution >= 4 is 21.4 Å². The number of hydrogen-bond donors (Lipinski definition) is 1. The second kappa shape index (κ2) is 7.62. The first-order chi connectivity index (χ1) is 13.5. The first-order valence-electron chi connectivity index (χ1n) is 9.03. The molecular weight excluding hydrogens is 396 g/mol. The van der Waals surface area contributed by atoms with Gasteiger partial charge >= 0.3 is 0 Å². The molecular formula is C21H19ClN2O3S. The van der Waals surface area contributed by atoms with Crippen molar-refractivity contribution in [3.63, 3.8) is 0 Å². The van der Waals surface area contributed by atoms with Crippen LogP contribution in [-0.4, -0.2) is 35.9 Å². The maximum absolute atomic E-state index is 12.6. The van der Waals surface area contributed by atoms with Gasteiger partial charge < -0.3 is 5.11 Å². The van der Waals surface area contributed by atoms with Gasteiger partial charge in [0.2, 0.25) is 0 Å². The molecule has 2 aromatic carbocycles. The Kier molecular flexibility index (Phi) is 5.19. The fourth-order valence-corrected chi connectivity index (χ4v) is 5.27. The van der Waals surface area contributed by atoms with Crippen LogP contribution in [0, 0.1) is 0 Å². The quantitative estimate of drug-likeness (QED) is 0.693. The molecule has 1 N–H and O–H groups in total. The van der Waals surface area contributed by atoms with Crippen molar-refractivity contribution in [2.75, 3.05) is 12.4 Å². The van der Waals surface area contributed by atoms with E-state index in [0.29, 0.717) is 41.5 Å². The fraction of sp³-hybridized carbons (Fsp3) is 0.238. The third-order valence-electron chi connectivity index (χ3n) is 4.80. The van der Waals surface area contributed by atoms with Crippen molar-refractivity contribution in [1.82, 2.24) is 9.97 Å². The molecule has 1 aromatic heterocycles. The number of sulfone groups is 1. The highest BCUT2D eigenvalue weighted by molar-refractivity contribution is 7.91. The van der Waals surface area contributed by atoms with Crippen LogP contribution < -0.4 is 0 Å². The number of aromatic nitrogens is 2. The Bertz CT molecular complexity index is 1130. The zero-order chi connectivity index (χ0) is 19.7. The number of hydrogen-bond acceptors (Lipinski definition) is 5. The summed E-state index contributed by atoms with van der Waals surface area (Å²) in [5.74, 6) is 0.559. The lowest BCUT2D eigenvalue weighted by Crippen LogP contribution is -2.08. The average Bonchev–Trinajstić information content (AvgIpc) is 2.99. The van der Waals surface area contributed by atoms with Crippen LogP contribution >= 0.6 is 11.6 Å². The minimum absolute atomic E-state index is 0.0679. The Morgan fingerprint density at radius 2 is 1.79 bits per heavy atom. The van der Waals surface area contributed by atoms with E-state index in [9.17, 15) is 8.42 Å². The van der Waals surface area contributed by atoms with Crippen LogP contribution in [-0.2, 0) is 29.1 Å². The summed E-state index contributed by atoms with van der Waals surface area (Å²) in [6.07, 6.45) is 1.39.